The molecule has 62 valence electrons. The second-order valence-corrected chi connectivity index (χ2v) is 2.86. The van der Waals surface area contributed by atoms with Crippen molar-refractivity contribution < 1.29 is 4.79 Å². The van der Waals surface area contributed by atoms with Crippen LogP contribution < -0.4 is 5.32 Å². The monoisotopic (exact) mass is 162 g/mol. The molecule has 0 radical (unpaired) electrons. The first-order valence-electron chi connectivity index (χ1n) is 4.10. The molecular weight excluding hydrogens is 152 g/mol. The first kappa shape index (κ1) is 7.28. The molecule has 0 saturated carbocycles. The third-order valence-corrected chi connectivity index (χ3v) is 2.01. The predicted molar refractivity (Wildman–Crippen MR) is 44.9 cm³/mol. The van der Waals surface area contributed by atoms with Crippen LogP contribution in [-0.4, -0.2) is 17.4 Å². The number of nitrogens with one attached hydrogen (secondary N) is 1. The Balaban J connectivity index is 2.46. The molecule has 1 aliphatic heterocycles. The van der Waals surface area contributed by atoms with Crippen LogP contribution in [0.1, 0.15) is 22.5 Å². The van der Waals surface area contributed by atoms with Gasteiger partial charge in [-0.1, -0.05) is 0 Å². The van der Waals surface area contributed by atoms with Gasteiger partial charge < -0.3 is 5.32 Å². The number of fused-ring (bicyclic) bond motifs is 1. The number of aromatic nitrogens is 1. The van der Waals surface area contributed by atoms with E-state index >= 15 is 0 Å². The van der Waals surface area contributed by atoms with Crippen LogP contribution in [0.5, 0.6) is 0 Å². The van der Waals surface area contributed by atoms with Crippen molar-refractivity contribution in [3.8, 4) is 0 Å². The van der Waals surface area contributed by atoms with E-state index in [1.165, 1.54) is 0 Å². The molecule has 3 nitrogen and oxygen atoms in total. The summed E-state index contributed by atoms with van der Waals surface area (Å²) < 4.78 is 0. The normalized spacial score (nSPS) is 16.2. The summed E-state index contributed by atoms with van der Waals surface area (Å²) in [5, 5.41) is 2.82. The van der Waals surface area contributed by atoms with Crippen LogP contribution in [0.15, 0.2) is 18.3 Å². The molecule has 0 fully saturated rings. The van der Waals surface area contributed by atoms with Gasteiger partial charge in [0.25, 0.3) is 5.91 Å². The van der Waals surface area contributed by atoms with Crippen LogP contribution in [0, 0.1) is 0 Å². The van der Waals surface area contributed by atoms with Gasteiger partial charge in [0.2, 0.25) is 0 Å². The highest BCUT2D eigenvalue weighted by molar-refractivity contribution is 5.95. The SMILES string of the molecule is O=C1NCCCc2ncccc21. The summed E-state index contributed by atoms with van der Waals surface area (Å²) in [5.74, 6) is 0.00981. The number of hydrogen-bond donors (Lipinski definition) is 1. The van der Waals surface area contributed by atoms with Crippen molar-refractivity contribution in [3.05, 3.63) is 29.6 Å². The van der Waals surface area contributed by atoms with Gasteiger partial charge in [0.15, 0.2) is 0 Å². The first-order valence-corrected chi connectivity index (χ1v) is 4.10. The van der Waals surface area contributed by atoms with Gasteiger partial charge in [-0.25, -0.2) is 0 Å². The number of carbonyl (C=O) groups is 1. The van der Waals surface area contributed by atoms with Crippen LogP contribution in [0.4, 0.5) is 0 Å². The zero-order valence-corrected chi connectivity index (χ0v) is 6.71. The summed E-state index contributed by atoms with van der Waals surface area (Å²) in [6, 6.07) is 3.62. The fraction of sp³-hybridized carbons (Fsp3) is 0.333. The third-order valence-electron chi connectivity index (χ3n) is 2.01. The Morgan fingerprint density at radius 1 is 1.50 bits per heavy atom. The van der Waals surface area contributed by atoms with Crippen molar-refractivity contribution in [1.82, 2.24) is 10.3 Å². The number of amides is 1. The third kappa shape index (κ3) is 1.18. The van der Waals surface area contributed by atoms with Crippen molar-refractivity contribution in [2.24, 2.45) is 0 Å². The molecule has 1 aromatic rings. The standard InChI is InChI=1S/C9H10N2O/c12-9-7-3-1-5-10-8(7)4-2-6-11-9/h1,3,5H,2,4,6H2,(H,11,12). The minimum Gasteiger partial charge on any atom is -0.352 e. The number of rotatable bonds is 0. The Hall–Kier alpha value is -1.38. The molecular formula is C9H10N2O. The Bertz CT molecular complexity index is 309. The van der Waals surface area contributed by atoms with E-state index in [4.69, 9.17) is 0 Å². The number of pyridine rings is 1. The van der Waals surface area contributed by atoms with E-state index < -0.39 is 0 Å². The fourth-order valence-corrected chi connectivity index (χ4v) is 1.40. The maximum absolute atomic E-state index is 11.4. The van der Waals surface area contributed by atoms with Crippen molar-refractivity contribution in [2.45, 2.75) is 12.8 Å². The minimum absolute atomic E-state index is 0.00981. The second kappa shape index (κ2) is 2.93. The van der Waals surface area contributed by atoms with Gasteiger partial charge >= 0.3 is 0 Å². The van der Waals surface area contributed by atoms with E-state index in [0.717, 1.165) is 30.6 Å². The van der Waals surface area contributed by atoms with Crippen molar-refractivity contribution in [1.29, 1.82) is 0 Å². The number of nitrogens with zero attached hydrogens (tertiary/aromatic N) is 1. The van der Waals surface area contributed by atoms with E-state index in [-0.39, 0.29) is 5.91 Å². The Morgan fingerprint density at radius 2 is 2.42 bits per heavy atom. The van der Waals surface area contributed by atoms with Crippen LogP contribution in [0.25, 0.3) is 0 Å². The lowest BCUT2D eigenvalue weighted by Crippen LogP contribution is -2.22. The molecule has 1 aliphatic rings. The predicted octanol–water partition coefficient (Wildman–Crippen LogP) is 0.758. The maximum atomic E-state index is 11.4. The molecule has 0 spiro atoms. The van der Waals surface area contributed by atoms with E-state index in [1.807, 2.05) is 6.07 Å². The van der Waals surface area contributed by atoms with E-state index in [2.05, 4.69) is 10.3 Å². The maximum Gasteiger partial charge on any atom is 0.253 e. The zero-order valence-electron chi connectivity index (χ0n) is 6.71. The van der Waals surface area contributed by atoms with Gasteiger partial charge in [0.1, 0.15) is 0 Å². The molecule has 2 heterocycles. The minimum atomic E-state index is 0.00981. The topological polar surface area (TPSA) is 42.0 Å². The lowest BCUT2D eigenvalue weighted by molar-refractivity contribution is 0.0956. The van der Waals surface area contributed by atoms with E-state index in [1.54, 1.807) is 12.3 Å². The molecule has 3 heteroatoms. The van der Waals surface area contributed by atoms with Crippen molar-refractivity contribution >= 4 is 5.91 Å². The van der Waals surface area contributed by atoms with Crippen molar-refractivity contribution in [3.63, 3.8) is 0 Å². The molecule has 0 bridgehead atoms. The molecule has 2 rings (SSSR count). The smallest absolute Gasteiger partial charge is 0.253 e. The lowest BCUT2D eigenvalue weighted by Gasteiger charge is -2.00. The van der Waals surface area contributed by atoms with E-state index in [9.17, 15) is 4.79 Å². The van der Waals surface area contributed by atoms with Gasteiger partial charge in [-0.15, -0.1) is 0 Å². The van der Waals surface area contributed by atoms with Gasteiger partial charge in [-0.05, 0) is 25.0 Å². The van der Waals surface area contributed by atoms with Crippen LogP contribution in [0.2, 0.25) is 0 Å². The Labute approximate surface area is 70.8 Å². The molecule has 12 heavy (non-hydrogen) atoms. The second-order valence-electron chi connectivity index (χ2n) is 2.86. The summed E-state index contributed by atoms with van der Waals surface area (Å²) in [6.07, 6.45) is 3.61. The number of carbonyl (C=O) groups excluding carboxylic acids is 1. The van der Waals surface area contributed by atoms with Crippen LogP contribution in [0.3, 0.4) is 0 Å². The largest absolute Gasteiger partial charge is 0.352 e. The van der Waals surface area contributed by atoms with Gasteiger partial charge in [-0.3, -0.25) is 9.78 Å². The van der Waals surface area contributed by atoms with Crippen LogP contribution >= 0.6 is 0 Å². The summed E-state index contributed by atoms with van der Waals surface area (Å²) >= 11 is 0. The van der Waals surface area contributed by atoms with Gasteiger partial charge in [0, 0.05) is 12.7 Å². The Morgan fingerprint density at radius 3 is 3.33 bits per heavy atom. The molecule has 1 amide bonds. The molecule has 1 N–H and O–H groups in total. The average molecular weight is 162 g/mol. The number of aryl methyl sites for hydroxylation is 1. The summed E-state index contributed by atoms with van der Waals surface area (Å²) in [4.78, 5) is 15.5. The first-order chi connectivity index (χ1) is 5.88. The zero-order chi connectivity index (χ0) is 8.39. The molecule has 1 aromatic heterocycles. The average Bonchev–Trinajstić information content (AvgIpc) is 2.29. The molecule has 0 aliphatic carbocycles. The highest BCUT2D eigenvalue weighted by atomic mass is 16.1. The quantitative estimate of drug-likeness (QED) is 0.612. The molecule has 0 atom stereocenters. The van der Waals surface area contributed by atoms with Crippen molar-refractivity contribution in [2.75, 3.05) is 6.54 Å². The lowest BCUT2D eigenvalue weighted by atomic mass is 10.1. The summed E-state index contributed by atoms with van der Waals surface area (Å²) in [5.41, 5.74) is 1.66. The highest BCUT2D eigenvalue weighted by Crippen LogP contribution is 2.10. The van der Waals surface area contributed by atoms with E-state index in [0.29, 0.717) is 0 Å². The van der Waals surface area contributed by atoms with Gasteiger partial charge in [-0.2, -0.15) is 0 Å². The fourth-order valence-electron chi connectivity index (χ4n) is 1.40. The molecule has 0 unspecified atom stereocenters. The molecule has 0 aromatic carbocycles. The highest BCUT2D eigenvalue weighted by Gasteiger charge is 2.14. The van der Waals surface area contributed by atoms with Gasteiger partial charge in [0.05, 0.1) is 11.3 Å². The Kier molecular flexibility index (Phi) is 1.78. The summed E-state index contributed by atoms with van der Waals surface area (Å²) in [7, 11) is 0. The number of hydrogen-bond acceptors (Lipinski definition) is 2. The van der Waals surface area contributed by atoms with Crippen LogP contribution in [-0.2, 0) is 6.42 Å². The summed E-state index contributed by atoms with van der Waals surface area (Å²) in [6.45, 7) is 0.759. The molecule has 0 saturated heterocycles.